The van der Waals surface area contributed by atoms with Gasteiger partial charge in [0.25, 0.3) is 0 Å². The second-order valence-electron chi connectivity index (χ2n) is 12.9. The minimum atomic E-state index is -0.695. The number of ketones is 2. The first-order valence-electron chi connectivity index (χ1n) is 13.0. The van der Waals surface area contributed by atoms with Crippen molar-refractivity contribution in [2.24, 2.45) is 32.5 Å². The molecule has 4 aliphatic carbocycles. The van der Waals surface area contributed by atoms with E-state index in [-0.39, 0.29) is 23.4 Å². The van der Waals surface area contributed by atoms with E-state index in [1.165, 1.54) is 0 Å². The summed E-state index contributed by atoms with van der Waals surface area (Å²) in [7, 11) is 0. The van der Waals surface area contributed by atoms with E-state index in [0.29, 0.717) is 13.1 Å². The molecule has 0 aliphatic heterocycles. The summed E-state index contributed by atoms with van der Waals surface area (Å²) in [6.07, 6.45) is 5.46. The zero-order valence-corrected chi connectivity index (χ0v) is 25.1. The van der Waals surface area contributed by atoms with Crippen molar-refractivity contribution in [3.8, 4) is 0 Å². The maximum absolute atomic E-state index is 13.3. The summed E-state index contributed by atoms with van der Waals surface area (Å²) in [4.78, 5) is 51.5. The van der Waals surface area contributed by atoms with Gasteiger partial charge < -0.3 is 10.6 Å². The second-order valence-corrected chi connectivity index (χ2v) is 14.7. The molecule has 4 aliphatic rings. The number of unbranched alkanes of at least 4 members (excludes halogenated alkanes) is 2. The van der Waals surface area contributed by atoms with Gasteiger partial charge in [0, 0.05) is 23.9 Å². The topological polar surface area (TPSA) is 92.3 Å². The number of hydrogen-bond acceptors (Lipinski definition) is 4. The fourth-order valence-corrected chi connectivity index (χ4v) is 11.1. The minimum Gasteiger partial charge on any atom is -0.356 e. The van der Waals surface area contributed by atoms with E-state index in [9.17, 15) is 19.2 Å². The van der Waals surface area contributed by atoms with Crippen molar-refractivity contribution in [3.63, 3.8) is 0 Å². The van der Waals surface area contributed by atoms with Crippen LogP contribution in [0.25, 0.3) is 0 Å². The summed E-state index contributed by atoms with van der Waals surface area (Å²) in [5.74, 6) is 0.262. The molecule has 6 nitrogen and oxygen atoms in total. The average Bonchev–Trinajstić information content (AvgIpc) is 3.23. The molecule has 4 rings (SSSR count). The Morgan fingerprint density at radius 2 is 1.03 bits per heavy atom. The maximum Gasteiger partial charge on any atom is 0.228 e. The lowest BCUT2D eigenvalue weighted by atomic mass is 9.64. The van der Waals surface area contributed by atoms with Crippen LogP contribution in [0.2, 0.25) is 0 Å². The highest BCUT2D eigenvalue weighted by atomic mass is 79.9. The molecule has 0 radical (unpaired) electrons. The number of fused-ring (bicyclic) bond motifs is 4. The molecule has 0 heterocycles. The highest BCUT2D eigenvalue weighted by molar-refractivity contribution is 9.10. The van der Waals surface area contributed by atoms with Crippen LogP contribution in [0.15, 0.2) is 0 Å². The molecule has 2 N–H and O–H groups in total. The first-order valence-corrected chi connectivity index (χ1v) is 14.9. The number of hydrogen-bond donors (Lipinski definition) is 2. The number of halogens is 2. The first-order chi connectivity index (χ1) is 16.1. The summed E-state index contributed by atoms with van der Waals surface area (Å²) in [6, 6.07) is 0. The van der Waals surface area contributed by atoms with E-state index < -0.39 is 42.1 Å². The lowest BCUT2D eigenvalue weighted by Crippen LogP contribution is -2.51. The Morgan fingerprint density at radius 3 is 1.31 bits per heavy atom. The molecule has 4 fully saturated rings. The molecule has 0 saturated heterocycles. The minimum absolute atomic E-state index is 0.0212. The van der Waals surface area contributed by atoms with Gasteiger partial charge in [-0.3, -0.25) is 19.2 Å². The predicted molar refractivity (Wildman–Crippen MR) is 142 cm³/mol. The summed E-state index contributed by atoms with van der Waals surface area (Å²) in [5, 5.41) is 6.21. The number of nitrogens with one attached hydrogen (secondary N) is 2. The molecule has 0 aromatic carbocycles. The van der Waals surface area contributed by atoms with E-state index in [1.807, 2.05) is 13.8 Å². The molecule has 8 heteroatoms. The number of rotatable bonds is 8. The lowest BCUT2D eigenvalue weighted by Gasteiger charge is -2.39. The van der Waals surface area contributed by atoms with Gasteiger partial charge in [-0.25, -0.2) is 0 Å². The van der Waals surface area contributed by atoms with Crippen LogP contribution in [0.5, 0.6) is 0 Å². The normalized spacial score (nSPS) is 42.5. The van der Waals surface area contributed by atoms with Crippen LogP contribution in [-0.2, 0) is 19.2 Å². The molecule has 35 heavy (non-hydrogen) atoms. The Balaban J connectivity index is 1.24. The monoisotopic (exact) mass is 614 g/mol. The van der Waals surface area contributed by atoms with Gasteiger partial charge in [0.1, 0.15) is 0 Å². The van der Waals surface area contributed by atoms with E-state index in [0.717, 1.165) is 44.9 Å². The van der Waals surface area contributed by atoms with Gasteiger partial charge in [-0.05, 0) is 55.8 Å². The second kappa shape index (κ2) is 8.37. The molecular formula is C27H40Br2N2O4. The lowest BCUT2D eigenvalue weighted by molar-refractivity contribution is -0.136. The fourth-order valence-electron chi connectivity index (χ4n) is 8.06. The van der Waals surface area contributed by atoms with Crippen molar-refractivity contribution in [1.82, 2.24) is 10.6 Å². The first kappa shape index (κ1) is 27.3. The molecule has 0 spiro atoms. The van der Waals surface area contributed by atoms with Crippen LogP contribution in [0, 0.1) is 32.5 Å². The summed E-state index contributed by atoms with van der Waals surface area (Å²) >= 11 is 7.14. The van der Waals surface area contributed by atoms with Gasteiger partial charge in [0.05, 0.1) is 20.5 Å². The number of alkyl halides is 2. The highest BCUT2D eigenvalue weighted by Crippen LogP contribution is 2.73. The van der Waals surface area contributed by atoms with Crippen molar-refractivity contribution < 1.29 is 19.2 Å². The van der Waals surface area contributed by atoms with Gasteiger partial charge in [0.15, 0.2) is 11.6 Å². The molecular weight excluding hydrogens is 576 g/mol. The third kappa shape index (κ3) is 3.04. The number of carbonyl (C=O) groups is 4. The number of Topliss-reactive ketones (excluding diaryl/α,β-unsaturated/α-hetero) is 2. The Bertz CT molecular complexity index is 904. The van der Waals surface area contributed by atoms with Crippen LogP contribution in [0.3, 0.4) is 0 Å². The van der Waals surface area contributed by atoms with E-state index >= 15 is 0 Å². The van der Waals surface area contributed by atoms with E-state index in [1.54, 1.807) is 0 Å². The largest absolute Gasteiger partial charge is 0.356 e. The fraction of sp³-hybridized carbons (Fsp3) is 0.852. The van der Waals surface area contributed by atoms with Crippen molar-refractivity contribution in [3.05, 3.63) is 0 Å². The zero-order chi connectivity index (χ0) is 26.2. The van der Waals surface area contributed by atoms with Crippen LogP contribution in [0.1, 0.15) is 86.5 Å². The molecule has 4 bridgehead atoms. The van der Waals surface area contributed by atoms with Crippen molar-refractivity contribution in [2.45, 2.75) is 96.1 Å². The third-order valence-electron chi connectivity index (χ3n) is 11.7. The Labute approximate surface area is 226 Å². The van der Waals surface area contributed by atoms with Crippen LogP contribution < -0.4 is 10.6 Å². The average molecular weight is 616 g/mol. The predicted octanol–water partition coefficient (Wildman–Crippen LogP) is 4.71. The molecule has 0 aromatic rings. The van der Waals surface area contributed by atoms with Crippen molar-refractivity contribution >= 4 is 55.2 Å². The zero-order valence-electron chi connectivity index (χ0n) is 21.9. The van der Waals surface area contributed by atoms with E-state index in [2.05, 4.69) is 70.2 Å². The van der Waals surface area contributed by atoms with Crippen LogP contribution >= 0.6 is 31.9 Å². The van der Waals surface area contributed by atoms with Gasteiger partial charge in [-0.15, -0.1) is 0 Å². The SMILES string of the molecule is CC12CCC(C(=O)NCCCCCNC(=O)C34CCC(C)(C(=O)C3Br)C4(C)C)(C(Br)C1=O)C2(C)C. The Hall–Kier alpha value is -0.760. The number of carbonyl (C=O) groups excluding carboxylic acids is 4. The van der Waals surface area contributed by atoms with E-state index in [4.69, 9.17) is 0 Å². The molecule has 0 aromatic heterocycles. The highest BCUT2D eigenvalue weighted by Gasteiger charge is 2.77. The molecule has 4 saturated carbocycles. The molecule has 2 amide bonds. The third-order valence-corrected chi connectivity index (χ3v) is 14.1. The smallest absolute Gasteiger partial charge is 0.228 e. The Kier molecular flexibility index (Phi) is 6.53. The number of amides is 2. The maximum atomic E-state index is 13.3. The van der Waals surface area contributed by atoms with Gasteiger partial charge in [-0.1, -0.05) is 73.4 Å². The molecule has 6 unspecified atom stereocenters. The van der Waals surface area contributed by atoms with Crippen LogP contribution in [-0.4, -0.2) is 46.1 Å². The van der Waals surface area contributed by atoms with Crippen LogP contribution in [0.4, 0.5) is 0 Å². The van der Waals surface area contributed by atoms with Crippen molar-refractivity contribution in [2.75, 3.05) is 13.1 Å². The van der Waals surface area contributed by atoms with Gasteiger partial charge in [-0.2, -0.15) is 0 Å². The quantitative estimate of drug-likeness (QED) is 0.306. The van der Waals surface area contributed by atoms with Gasteiger partial charge in [0.2, 0.25) is 11.8 Å². The summed E-state index contributed by atoms with van der Waals surface area (Å²) < 4.78 is 0. The molecule has 196 valence electrons. The molecule has 6 atom stereocenters. The van der Waals surface area contributed by atoms with Crippen molar-refractivity contribution in [1.29, 1.82) is 0 Å². The summed E-state index contributed by atoms with van der Waals surface area (Å²) in [6.45, 7) is 13.4. The summed E-state index contributed by atoms with van der Waals surface area (Å²) in [5.41, 5.74) is -3.09. The standard InChI is InChI=1S/C27H40Br2N2O4/c1-22(2)24(5)10-12-26(22,16(28)18(24)32)20(34)30-14-8-7-9-15-31-21(35)27-13-11-25(6,23(27,3)4)19(33)17(27)29/h16-17H,7-15H2,1-6H3,(H,30,34)(H,31,35). The Morgan fingerprint density at radius 1 is 0.686 bits per heavy atom. The van der Waals surface area contributed by atoms with Gasteiger partial charge >= 0.3 is 0 Å².